The van der Waals surface area contributed by atoms with Gasteiger partial charge in [-0.3, -0.25) is 9.59 Å². The quantitative estimate of drug-likeness (QED) is 0.855. The zero-order valence-electron chi connectivity index (χ0n) is 13.4. The highest BCUT2D eigenvalue weighted by Gasteiger charge is 2.14. The van der Waals surface area contributed by atoms with E-state index < -0.39 is 0 Å². The number of nitrogens with one attached hydrogen (secondary N) is 1. The molecule has 2 rings (SSSR count). The molecule has 22 heavy (non-hydrogen) atoms. The Bertz CT molecular complexity index is 694. The molecule has 0 spiro atoms. The summed E-state index contributed by atoms with van der Waals surface area (Å²) in [5.41, 5.74) is 3.94. The Balaban J connectivity index is 2.17. The predicted octanol–water partition coefficient (Wildman–Crippen LogP) is 4.36. The fourth-order valence-electron chi connectivity index (χ4n) is 2.17. The molecule has 114 valence electrons. The van der Waals surface area contributed by atoms with Crippen molar-refractivity contribution in [2.75, 3.05) is 5.32 Å². The lowest BCUT2D eigenvalue weighted by atomic mass is 9.87. The van der Waals surface area contributed by atoms with Crippen LogP contribution < -0.4 is 5.32 Å². The molecule has 1 N–H and O–H groups in total. The van der Waals surface area contributed by atoms with Gasteiger partial charge in [0.05, 0.1) is 0 Å². The summed E-state index contributed by atoms with van der Waals surface area (Å²) in [5.74, 6) is -0.179. The summed E-state index contributed by atoms with van der Waals surface area (Å²) < 4.78 is 0. The van der Waals surface area contributed by atoms with Gasteiger partial charge in [-0.15, -0.1) is 0 Å². The number of carbonyl (C=O) groups is 2. The number of aryl methyl sites for hydroxylation is 1. The summed E-state index contributed by atoms with van der Waals surface area (Å²) in [7, 11) is 0. The SMILES string of the molecule is Cc1ccc(NC(=O)c2ccc(C(C)(C)C)cc2)cc1C=O. The lowest BCUT2D eigenvalue weighted by Crippen LogP contribution is -2.14. The van der Waals surface area contributed by atoms with Crippen molar-refractivity contribution in [3.8, 4) is 0 Å². The lowest BCUT2D eigenvalue weighted by Gasteiger charge is -2.19. The van der Waals surface area contributed by atoms with E-state index in [-0.39, 0.29) is 11.3 Å². The summed E-state index contributed by atoms with van der Waals surface area (Å²) in [6, 6.07) is 12.9. The summed E-state index contributed by atoms with van der Waals surface area (Å²) >= 11 is 0. The minimum atomic E-state index is -0.179. The first kappa shape index (κ1) is 16.0. The number of anilines is 1. The highest BCUT2D eigenvalue weighted by molar-refractivity contribution is 6.04. The average molecular weight is 295 g/mol. The van der Waals surface area contributed by atoms with Crippen molar-refractivity contribution in [1.82, 2.24) is 0 Å². The van der Waals surface area contributed by atoms with Crippen molar-refractivity contribution in [3.05, 3.63) is 64.7 Å². The third-order valence-corrected chi connectivity index (χ3v) is 3.68. The highest BCUT2D eigenvalue weighted by Crippen LogP contribution is 2.22. The first-order valence-corrected chi connectivity index (χ1v) is 7.29. The number of hydrogen-bond donors (Lipinski definition) is 1. The first-order valence-electron chi connectivity index (χ1n) is 7.29. The van der Waals surface area contributed by atoms with Crippen molar-refractivity contribution in [2.45, 2.75) is 33.1 Å². The first-order chi connectivity index (χ1) is 10.3. The van der Waals surface area contributed by atoms with Crippen LogP contribution in [0.25, 0.3) is 0 Å². The molecular weight excluding hydrogens is 274 g/mol. The van der Waals surface area contributed by atoms with Gasteiger partial charge in [0.1, 0.15) is 6.29 Å². The number of rotatable bonds is 3. The van der Waals surface area contributed by atoms with Crippen LogP contribution in [0.15, 0.2) is 42.5 Å². The second kappa shape index (κ2) is 6.14. The van der Waals surface area contributed by atoms with Crippen LogP contribution in [0, 0.1) is 6.92 Å². The van der Waals surface area contributed by atoms with Crippen molar-refractivity contribution in [2.24, 2.45) is 0 Å². The maximum Gasteiger partial charge on any atom is 0.255 e. The van der Waals surface area contributed by atoms with Crippen molar-refractivity contribution in [1.29, 1.82) is 0 Å². The van der Waals surface area contributed by atoms with Crippen LogP contribution in [-0.2, 0) is 5.41 Å². The number of benzene rings is 2. The fourth-order valence-corrected chi connectivity index (χ4v) is 2.17. The van der Waals surface area contributed by atoms with Gasteiger partial charge in [0.2, 0.25) is 0 Å². The minimum absolute atomic E-state index is 0.0603. The van der Waals surface area contributed by atoms with Gasteiger partial charge in [-0.25, -0.2) is 0 Å². The monoisotopic (exact) mass is 295 g/mol. The number of hydrogen-bond acceptors (Lipinski definition) is 2. The standard InChI is InChI=1S/C19H21NO2/c1-13-5-10-17(11-15(13)12-21)20-18(22)14-6-8-16(9-7-14)19(2,3)4/h5-12H,1-4H3,(H,20,22). The van der Waals surface area contributed by atoms with E-state index in [9.17, 15) is 9.59 Å². The van der Waals surface area contributed by atoms with Gasteiger partial charge in [0, 0.05) is 16.8 Å². The number of carbonyl (C=O) groups excluding carboxylic acids is 2. The second-order valence-corrected chi connectivity index (χ2v) is 6.47. The molecule has 0 heterocycles. The Morgan fingerprint density at radius 3 is 2.23 bits per heavy atom. The van der Waals surface area contributed by atoms with Crippen LogP contribution in [-0.4, -0.2) is 12.2 Å². The molecule has 0 aromatic heterocycles. The van der Waals surface area contributed by atoms with E-state index in [1.165, 1.54) is 5.56 Å². The Morgan fingerprint density at radius 1 is 1.05 bits per heavy atom. The van der Waals surface area contributed by atoms with E-state index in [0.717, 1.165) is 11.8 Å². The maximum atomic E-state index is 12.3. The van der Waals surface area contributed by atoms with Gasteiger partial charge >= 0.3 is 0 Å². The molecule has 3 heteroatoms. The van der Waals surface area contributed by atoms with Crippen molar-refractivity contribution >= 4 is 17.9 Å². The molecular formula is C19H21NO2. The molecule has 2 aromatic carbocycles. The molecule has 0 fully saturated rings. The van der Waals surface area contributed by atoms with Gasteiger partial charge in [0.25, 0.3) is 5.91 Å². The molecule has 0 unspecified atom stereocenters. The van der Waals surface area contributed by atoms with E-state index in [0.29, 0.717) is 16.8 Å². The van der Waals surface area contributed by atoms with E-state index in [2.05, 4.69) is 26.1 Å². The largest absolute Gasteiger partial charge is 0.322 e. The molecule has 0 aliphatic rings. The average Bonchev–Trinajstić information content (AvgIpc) is 2.48. The fraction of sp³-hybridized carbons (Fsp3) is 0.263. The second-order valence-electron chi connectivity index (χ2n) is 6.47. The molecule has 0 bridgehead atoms. The summed E-state index contributed by atoms with van der Waals surface area (Å²) in [6.07, 6.45) is 0.795. The number of amides is 1. The predicted molar refractivity (Wildman–Crippen MR) is 89.7 cm³/mol. The molecule has 0 atom stereocenters. The van der Waals surface area contributed by atoms with Crippen LogP contribution in [0.4, 0.5) is 5.69 Å². The molecule has 1 amide bonds. The van der Waals surface area contributed by atoms with E-state index in [4.69, 9.17) is 0 Å². The van der Waals surface area contributed by atoms with Crippen LogP contribution in [0.3, 0.4) is 0 Å². The lowest BCUT2D eigenvalue weighted by molar-refractivity contribution is 0.102. The van der Waals surface area contributed by atoms with Crippen molar-refractivity contribution < 1.29 is 9.59 Å². The molecule has 0 saturated carbocycles. The van der Waals surface area contributed by atoms with Gasteiger partial charge < -0.3 is 5.32 Å². The molecule has 2 aromatic rings. The van der Waals surface area contributed by atoms with Crippen LogP contribution >= 0.6 is 0 Å². The summed E-state index contributed by atoms with van der Waals surface area (Å²) in [6.45, 7) is 8.26. The van der Waals surface area contributed by atoms with Crippen LogP contribution in [0.2, 0.25) is 0 Å². The Morgan fingerprint density at radius 2 is 1.68 bits per heavy atom. The molecule has 0 radical (unpaired) electrons. The topological polar surface area (TPSA) is 46.2 Å². The third kappa shape index (κ3) is 3.61. The third-order valence-electron chi connectivity index (χ3n) is 3.68. The normalized spacial score (nSPS) is 11.1. The summed E-state index contributed by atoms with van der Waals surface area (Å²) in [5, 5.41) is 2.82. The molecule has 0 saturated heterocycles. The summed E-state index contributed by atoms with van der Waals surface area (Å²) in [4.78, 5) is 23.2. The molecule has 0 aliphatic carbocycles. The van der Waals surface area contributed by atoms with Gasteiger partial charge in [0.15, 0.2) is 0 Å². The van der Waals surface area contributed by atoms with Gasteiger partial charge in [-0.1, -0.05) is 39.0 Å². The number of aldehydes is 1. The highest BCUT2D eigenvalue weighted by atomic mass is 16.1. The van der Waals surface area contributed by atoms with Gasteiger partial charge in [-0.05, 0) is 47.7 Å². The van der Waals surface area contributed by atoms with E-state index in [1.54, 1.807) is 12.1 Å². The Labute approximate surface area is 131 Å². The smallest absolute Gasteiger partial charge is 0.255 e. The van der Waals surface area contributed by atoms with Crippen LogP contribution in [0.1, 0.15) is 52.6 Å². The molecule has 3 nitrogen and oxygen atoms in total. The maximum absolute atomic E-state index is 12.3. The Kier molecular flexibility index (Phi) is 4.45. The zero-order chi connectivity index (χ0) is 16.3. The Hall–Kier alpha value is -2.42. The van der Waals surface area contributed by atoms with E-state index in [1.807, 2.05) is 37.3 Å². The minimum Gasteiger partial charge on any atom is -0.322 e. The van der Waals surface area contributed by atoms with Gasteiger partial charge in [-0.2, -0.15) is 0 Å². The molecule has 0 aliphatic heterocycles. The van der Waals surface area contributed by atoms with Crippen LogP contribution in [0.5, 0.6) is 0 Å². The van der Waals surface area contributed by atoms with Crippen molar-refractivity contribution in [3.63, 3.8) is 0 Å². The van der Waals surface area contributed by atoms with E-state index >= 15 is 0 Å². The zero-order valence-corrected chi connectivity index (χ0v) is 13.4.